The average Bonchev–Trinajstić information content (AvgIpc) is 2.57. The second kappa shape index (κ2) is 5.90. The zero-order valence-electron chi connectivity index (χ0n) is 13.0. The van der Waals surface area contributed by atoms with Gasteiger partial charge in [-0.15, -0.1) is 0 Å². The van der Waals surface area contributed by atoms with Crippen LogP contribution >= 0.6 is 0 Å². The summed E-state index contributed by atoms with van der Waals surface area (Å²) in [6, 6.07) is 15.8. The molecule has 0 aliphatic carbocycles. The van der Waals surface area contributed by atoms with Crippen LogP contribution < -0.4 is 5.73 Å². The van der Waals surface area contributed by atoms with Crippen LogP contribution in [-0.4, -0.2) is 9.97 Å². The summed E-state index contributed by atoms with van der Waals surface area (Å²) >= 11 is 0. The number of pyridine rings is 2. The first-order valence-electron chi connectivity index (χ1n) is 7.30. The number of aryl methyl sites for hydroxylation is 2. The van der Waals surface area contributed by atoms with Crippen LogP contribution in [0.15, 0.2) is 48.7 Å². The molecule has 112 valence electrons. The number of nitrogens with two attached hydrogens (primary N) is 1. The molecule has 4 heteroatoms. The molecule has 3 aromatic rings. The minimum absolute atomic E-state index is 0.228. The zero-order valence-corrected chi connectivity index (χ0v) is 13.0. The highest BCUT2D eigenvalue weighted by Gasteiger charge is 2.15. The Morgan fingerprint density at radius 2 is 1.83 bits per heavy atom. The average molecular weight is 300 g/mol. The lowest BCUT2D eigenvalue weighted by atomic mass is 9.94. The van der Waals surface area contributed by atoms with Gasteiger partial charge in [0.1, 0.15) is 17.5 Å². The quantitative estimate of drug-likeness (QED) is 0.779. The number of rotatable bonds is 2. The van der Waals surface area contributed by atoms with Crippen molar-refractivity contribution in [3.63, 3.8) is 0 Å². The highest BCUT2D eigenvalue weighted by Crippen LogP contribution is 2.32. The summed E-state index contributed by atoms with van der Waals surface area (Å²) < 4.78 is 0. The van der Waals surface area contributed by atoms with Crippen molar-refractivity contribution in [2.24, 2.45) is 0 Å². The maximum Gasteiger partial charge on any atom is 0.142 e. The van der Waals surface area contributed by atoms with Gasteiger partial charge in [0.2, 0.25) is 0 Å². The predicted octanol–water partition coefficient (Wildman–Crippen LogP) is 3.88. The molecule has 2 N–H and O–H groups in total. The van der Waals surface area contributed by atoms with Crippen LogP contribution in [-0.2, 0) is 0 Å². The third-order valence-corrected chi connectivity index (χ3v) is 3.77. The normalized spacial score (nSPS) is 10.3. The van der Waals surface area contributed by atoms with Crippen LogP contribution in [0.1, 0.15) is 16.7 Å². The highest BCUT2D eigenvalue weighted by atomic mass is 14.9. The second-order valence-corrected chi connectivity index (χ2v) is 5.46. The number of nitriles is 1. The summed E-state index contributed by atoms with van der Waals surface area (Å²) in [5, 5.41) is 9.50. The smallest absolute Gasteiger partial charge is 0.142 e. The number of nitrogens with zero attached hydrogens (tertiary/aromatic N) is 3. The van der Waals surface area contributed by atoms with Crippen LogP contribution in [0.2, 0.25) is 0 Å². The standard InChI is InChI=1S/C19H16N4/c1-12-6-7-13(2)14(9-12)15-10-18(17-5-3-4-8-22-17)23-19(21)16(15)11-20/h3-10H,1-2H3,(H2,21,23). The molecule has 0 spiro atoms. The molecular formula is C19H16N4. The number of hydrogen-bond donors (Lipinski definition) is 1. The fraction of sp³-hybridized carbons (Fsp3) is 0.105. The topological polar surface area (TPSA) is 75.6 Å². The van der Waals surface area contributed by atoms with Crippen molar-refractivity contribution < 1.29 is 0 Å². The van der Waals surface area contributed by atoms with E-state index in [1.165, 1.54) is 0 Å². The molecular weight excluding hydrogens is 284 g/mol. The lowest BCUT2D eigenvalue weighted by Gasteiger charge is -2.12. The summed E-state index contributed by atoms with van der Waals surface area (Å²) in [7, 11) is 0. The molecule has 0 fully saturated rings. The van der Waals surface area contributed by atoms with Gasteiger partial charge >= 0.3 is 0 Å². The third-order valence-electron chi connectivity index (χ3n) is 3.77. The van der Waals surface area contributed by atoms with Crippen molar-refractivity contribution in [2.75, 3.05) is 5.73 Å². The van der Waals surface area contributed by atoms with Crippen LogP contribution in [0.4, 0.5) is 5.82 Å². The molecule has 0 radical (unpaired) electrons. The molecule has 1 aromatic carbocycles. The van der Waals surface area contributed by atoms with Gasteiger partial charge in [0.05, 0.1) is 11.4 Å². The fourth-order valence-electron chi connectivity index (χ4n) is 2.57. The molecule has 0 aliphatic rings. The van der Waals surface area contributed by atoms with Gasteiger partial charge in [0.25, 0.3) is 0 Å². The molecule has 0 amide bonds. The van der Waals surface area contributed by atoms with Gasteiger partial charge < -0.3 is 5.73 Å². The molecule has 0 aliphatic heterocycles. The molecule has 0 bridgehead atoms. The molecule has 2 heterocycles. The number of anilines is 1. The molecule has 4 nitrogen and oxygen atoms in total. The van der Waals surface area contributed by atoms with E-state index in [0.717, 1.165) is 27.9 Å². The minimum Gasteiger partial charge on any atom is -0.383 e. The molecule has 3 rings (SSSR count). The Labute approximate surface area is 135 Å². The predicted molar refractivity (Wildman–Crippen MR) is 91.5 cm³/mol. The molecule has 0 saturated carbocycles. The van der Waals surface area contributed by atoms with Gasteiger partial charge in [-0.05, 0) is 43.2 Å². The van der Waals surface area contributed by atoms with Gasteiger partial charge in [-0.2, -0.15) is 5.26 Å². The van der Waals surface area contributed by atoms with Crippen LogP contribution in [0.5, 0.6) is 0 Å². The summed E-state index contributed by atoms with van der Waals surface area (Å²) in [5.41, 5.74) is 11.8. The Morgan fingerprint density at radius 1 is 1.00 bits per heavy atom. The van der Waals surface area contributed by atoms with E-state index in [2.05, 4.69) is 28.2 Å². The van der Waals surface area contributed by atoms with Gasteiger partial charge in [-0.25, -0.2) is 4.98 Å². The molecule has 0 atom stereocenters. The van der Waals surface area contributed by atoms with E-state index in [4.69, 9.17) is 5.73 Å². The van der Waals surface area contributed by atoms with E-state index in [-0.39, 0.29) is 5.82 Å². The number of aromatic nitrogens is 2. The Bertz CT molecular complexity index is 909. The van der Waals surface area contributed by atoms with Crippen molar-refractivity contribution in [1.82, 2.24) is 9.97 Å². The van der Waals surface area contributed by atoms with Crippen molar-refractivity contribution >= 4 is 5.82 Å². The number of benzene rings is 1. The first kappa shape index (κ1) is 14.7. The summed E-state index contributed by atoms with van der Waals surface area (Å²) in [4.78, 5) is 8.66. The van der Waals surface area contributed by atoms with Crippen LogP contribution in [0, 0.1) is 25.2 Å². The lowest BCUT2D eigenvalue weighted by Crippen LogP contribution is -2.01. The lowest BCUT2D eigenvalue weighted by molar-refractivity contribution is 1.24. The SMILES string of the molecule is Cc1ccc(C)c(-c2cc(-c3ccccn3)nc(N)c2C#N)c1. The monoisotopic (exact) mass is 300 g/mol. The first-order chi connectivity index (χ1) is 11.1. The Balaban J connectivity index is 2.29. The maximum atomic E-state index is 9.50. The fourth-order valence-corrected chi connectivity index (χ4v) is 2.57. The molecule has 0 unspecified atom stereocenters. The molecule has 23 heavy (non-hydrogen) atoms. The van der Waals surface area contributed by atoms with E-state index in [9.17, 15) is 5.26 Å². The zero-order chi connectivity index (χ0) is 16.4. The Kier molecular flexibility index (Phi) is 3.78. The third kappa shape index (κ3) is 2.77. The largest absolute Gasteiger partial charge is 0.383 e. The van der Waals surface area contributed by atoms with Crippen molar-refractivity contribution in [2.45, 2.75) is 13.8 Å². The Morgan fingerprint density at radius 3 is 2.52 bits per heavy atom. The summed E-state index contributed by atoms with van der Waals surface area (Å²) in [5.74, 6) is 0.228. The number of nitrogen functional groups attached to an aromatic ring is 1. The highest BCUT2D eigenvalue weighted by molar-refractivity contribution is 5.81. The first-order valence-corrected chi connectivity index (χ1v) is 7.30. The van der Waals surface area contributed by atoms with Crippen molar-refractivity contribution in [1.29, 1.82) is 5.26 Å². The van der Waals surface area contributed by atoms with Crippen molar-refractivity contribution in [3.8, 4) is 28.6 Å². The maximum absolute atomic E-state index is 9.50. The van der Waals surface area contributed by atoms with E-state index >= 15 is 0 Å². The minimum atomic E-state index is 0.228. The van der Waals surface area contributed by atoms with Gasteiger partial charge in [0.15, 0.2) is 0 Å². The van der Waals surface area contributed by atoms with Crippen LogP contribution in [0.3, 0.4) is 0 Å². The summed E-state index contributed by atoms with van der Waals surface area (Å²) in [6.45, 7) is 4.05. The van der Waals surface area contributed by atoms with Crippen LogP contribution in [0.25, 0.3) is 22.5 Å². The molecule has 2 aromatic heterocycles. The second-order valence-electron chi connectivity index (χ2n) is 5.46. The van der Waals surface area contributed by atoms with Crippen molar-refractivity contribution in [3.05, 3.63) is 65.4 Å². The van der Waals surface area contributed by atoms with Gasteiger partial charge in [-0.1, -0.05) is 29.8 Å². The van der Waals surface area contributed by atoms with E-state index in [1.54, 1.807) is 6.20 Å². The van der Waals surface area contributed by atoms with Gasteiger partial charge in [0, 0.05) is 11.8 Å². The van der Waals surface area contributed by atoms with E-state index in [0.29, 0.717) is 11.3 Å². The van der Waals surface area contributed by atoms with E-state index in [1.807, 2.05) is 44.2 Å². The van der Waals surface area contributed by atoms with Gasteiger partial charge in [-0.3, -0.25) is 4.98 Å². The summed E-state index contributed by atoms with van der Waals surface area (Å²) in [6.07, 6.45) is 1.71. The Hall–Kier alpha value is -3.19. The van der Waals surface area contributed by atoms with E-state index < -0.39 is 0 Å². The number of hydrogen-bond acceptors (Lipinski definition) is 4. The molecule has 0 saturated heterocycles.